The van der Waals surface area contributed by atoms with Crippen molar-refractivity contribution >= 4 is 12.0 Å². The van der Waals surface area contributed by atoms with Crippen LogP contribution in [-0.4, -0.2) is 11.0 Å². The van der Waals surface area contributed by atoms with E-state index in [0.717, 1.165) is 11.6 Å². The Balaban J connectivity index is 2.72. The van der Waals surface area contributed by atoms with Crippen LogP contribution >= 0.6 is 0 Å². The van der Waals surface area contributed by atoms with Gasteiger partial charge in [0.15, 0.2) is 0 Å². The highest BCUT2D eigenvalue weighted by Crippen LogP contribution is 1.97. The first kappa shape index (κ1) is 7.47. The van der Waals surface area contributed by atoms with E-state index in [4.69, 9.17) is 0 Å². The molecule has 0 N–H and O–H groups in total. The number of pyridine rings is 1. The van der Waals surface area contributed by atoms with Gasteiger partial charge in [-0.25, -0.2) is 0 Å². The molecule has 0 saturated carbocycles. The molecule has 0 radical (unpaired) electrons. The molecule has 1 rings (SSSR count). The number of carboxylic acid groups (broad SMARTS) is 1. The molecule has 0 spiro atoms. The Hall–Kier alpha value is -1.64. The van der Waals surface area contributed by atoms with Gasteiger partial charge in [-0.15, -0.1) is 0 Å². The van der Waals surface area contributed by atoms with Gasteiger partial charge in [-0.2, -0.15) is 0 Å². The van der Waals surface area contributed by atoms with Gasteiger partial charge >= 0.3 is 0 Å². The Bertz CT molecular complexity index is 267. The van der Waals surface area contributed by atoms with E-state index in [2.05, 4.69) is 4.98 Å². The van der Waals surface area contributed by atoms with Crippen LogP contribution < -0.4 is 5.11 Å². The lowest BCUT2D eigenvalue weighted by molar-refractivity contribution is -0.297. The summed E-state index contributed by atoms with van der Waals surface area (Å²) in [6.07, 6.45) is 5.62. The molecule has 0 aliphatic rings. The molecular weight excluding hydrogens is 142 g/mol. The van der Waals surface area contributed by atoms with Crippen LogP contribution in [-0.2, 0) is 4.79 Å². The zero-order chi connectivity index (χ0) is 8.10. The van der Waals surface area contributed by atoms with E-state index in [-0.39, 0.29) is 0 Å². The second-order valence-electron chi connectivity index (χ2n) is 1.93. The molecule has 1 aromatic heterocycles. The third-order valence-electron chi connectivity index (χ3n) is 1.12. The van der Waals surface area contributed by atoms with Crippen molar-refractivity contribution in [1.29, 1.82) is 0 Å². The molecular formula is C8H6NO2-. The molecule has 3 heteroatoms. The number of carbonyl (C=O) groups is 1. The fourth-order valence-corrected chi connectivity index (χ4v) is 0.639. The lowest BCUT2D eigenvalue weighted by Crippen LogP contribution is -2.18. The minimum atomic E-state index is -1.19. The fourth-order valence-electron chi connectivity index (χ4n) is 0.639. The number of rotatable bonds is 2. The molecule has 11 heavy (non-hydrogen) atoms. The second kappa shape index (κ2) is 3.51. The van der Waals surface area contributed by atoms with Gasteiger partial charge in [0, 0.05) is 12.4 Å². The average molecular weight is 148 g/mol. The summed E-state index contributed by atoms with van der Waals surface area (Å²) in [4.78, 5) is 13.7. The molecule has 0 amide bonds. The standard InChI is InChI=1S/C8H7NO2/c10-8(11)2-1-7-3-5-9-6-4-7/h1-6H,(H,10,11)/p-1. The number of aromatic nitrogens is 1. The average Bonchev–Trinajstić information content (AvgIpc) is 2.03. The molecule has 1 aromatic rings. The molecule has 56 valence electrons. The van der Waals surface area contributed by atoms with Crippen LogP contribution in [0, 0.1) is 0 Å². The Morgan fingerprint density at radius 2 is 2.09 bits per heavy atom. The topological polar surface area (TPSA) is 53.0 Å². The molecule has 0 aliphatic carbocycles. The van der Waals surface area contributed by atoms with E-state index >= 15 is 0 Å². The summed E-state index contributed by atoms with van der Waals surface area (Å²) in [6.45, 7) is 0. The number of carbonyl (C=O) groups excluding carboxylic acids is 1. The smallest absolute Gasteiger partial charge is 0.0643 e. The van der Waals surface area contributed by atoms with E-state index in [0.29, 0.717) is 0 Å². The Labute approximate surface area is 64.0 Å². The lowest BCUT2D eigenvalue weighted by Gasteiger charge is -1.91. The quantitative estimate of drug-likeness (QED) is 0.548. The van der Waals surface area contributed by atoms with Crippen molar-refractivity contribution in [1.82, 2.24) is 4.98 Å². The summed E-state index contributed by atoms with van der Waals surface area (Å²) in [5.41, 5.74) is 0.796. The van der Waals surface area contributed by atoms with Gasteiger partial charge in [0.25, 0.3) is 0 Å². The number of hydrogen-bond donors (Lipinski definition) is 0. The summed E-state index contributed by atoms with van der Waals surface area (Å²) in [7, 11) is 0. The first-order chi connectivity index (χ1) is 5.29. The maximum Gasteiger partial charge on any atom is 0.0643 e. The highest BCUT2D eigenvalue weighted by Gasteiger charge is 1.81. The van der Waals surface area contributed by atoms with Crippen molar-refractivity contribution in [2.24, 2.45) is 0 Å². The number of nitrogens with zero attached hydrogens (tertiary/aromatic N) is 1. The number of aliphatic carboxylic acids is 1. The maximum absolute atomic E-state index is 9.96. The van der Waals surface area contributed by atoms with Gasteiger partial charge in [-0.1, -0.05) is 6.08 Å². The lowest BCUT2D eigenvalue weighted by atomic mass is 10.2. The number of carboxylic acids is 1. The molecule has 0 aliphatic heterocycles. The monoisotopic (exact) mass is 148 g/mol. The van der Waals surface area contributed by atoms with E-state index in [1.54, 1.807) is 24.5 Å². The van der Waals surface area contributed by atoms with Crippen molar-refractivity contribution in [2.45, 2.75) is 0 Å². The van der Waals surface area contributed by atoms with Crippen LogP contribution in [0.5, 0.6) is 0 Å². The summed E-state index contributed by atoms with van der Waals surface area (Å²) >= 11 is 0. The normalized spacial score (nSPS) is 10.2. The first-order valence-electron chi connectivity index (χ1n) is 3.08. The highest BCUT2D eigenvalue weighted by atomic mass is 16.4. The van der Waals surface area contributed by atoms with Crippen molar-refractivity contribution in [3.05, 3.63) is 36.2 Å². The predicted octanol–water partition coefficient (Wildman–Crippen LogP) is -0.155. The van der Waals surface area contributed by atoms with Crippen LogP contribution in [0.15, 0.2) is 30.6 Å². The molecule has 3 nitrogen and oxygen atoms in total. The van der Waals surface area contributed by atoms with E-state index in [1.165, 1.54) is 6.08 Å². The van der Waals surface area contributed by atoms with Gasteiger partial charge < -0.3 is 9.90 Å². The Kier molecular flexibility index (Phi) is 2.38. The van der Waals surface area contributed by atoms with Crippen LogP contribution in [0.4, 0.5) is 0 Å². The third-order valence-corrected chi connectivity index (χ3v) is 1.12. The Morgan fingerprint density at radius 1 is 1.45 bits per heavy atom. The summed E-state index contributed by atoms with van der Waals surface area (Å²) in [6, 6.07) is 3.42. The highest BCUT2D eigenvalue weighted by molar-refractivity contribution is 5.83. The van der Waals surface area contributed by atoms with Crippen LogP contribution in [0.3, 0.4) is 0 Å². The van der Waals surface area contributed by atoms with Gasteiger partial charge in [0.05, 0.1) is 5.97 Å². The van der Waals surface area contributed by atoms with Crippen LogP contribution in [0.25, 0.3) is 6.08 Å². The predicted molar refractivity (Wildman–Crippen MR) is 38.3 cm³/mol. The van der Waals surface area contributed by atoms with Crippen molar-refractivity contribution in [2.75, 3.05) is 0 Å². The fraction of sp³-hybridized carbons (Fsp3) is 0. The molecule has 0 saturated heterocycles. The maximum atomic E-state index is 9.96. The minimum absolute atomic E-state index is 0.796. The van der Waals surface area contributed by atoms with Gasteiger partial charge in [0.1, 0.15) is 0 Å². The van der Waals surface area contributed by atoms with Gasteiger partial charge in [0.2, 0.25) is 0 Å². The van der Waals surface area contributed by atoms with Gasteiger partial charge in [-0.3, -0.25) is 4.98 Å². The summed E-state index contributed by atoms with van der Waals surface area (Å²) in [5.74, 6) is -1.19. The largest absolute Gasteiger partial charge is 0.545 e. The van der Waals surface area contributed by atoms with Crippen molar-refractivity contribution in [3.63, 3.8) is 0 Å². The summed E-state index contributed by atoms with van der Waals surface area (Å²) in [5, 5.41) is 9.96. The molecule has 0 atom stereocenters. The van der Waals surface area contributed by atoms with Crippen molar-refractivity contribution in [3.8, 4) is 0 Å². The molecule has 0 aromatic carbocycles. The SMILES string of the molecule is O=C([O-])C=Cc1ccncc1. The van der Waals surface area contributed by atoms with Gasteiger partial charge in [-0.05, 0) is 23.8 Å². The second-order valence-corrected chi connectivity index (χ2v) is 1.93. The van der Waals surface area contributed by atoms with E-state index in [1.807, 2.05) is 0 Å². The Morgan fingerprint density at radius 3 is 2.64 bits per heavy atom. The molecule has 0 unspecified atom stereocenters. The first-order valence-corrected chi connectivity index (χ1v) is 3.08. The molecule has 0 fully saturated rings. The zero-order valence-corrected chi connectivity index (χ0v) is 5.73. The zero-order valence-electron chi connectivity index (χ0n) is 5.73. The summed E-state index contributed by atoms with van der Waals surface area (Å²) < 4.78 is 0. The van der Waals surface area contributed by atoms with E-state index < -0.39 is 5.97 Å². The van der Waals surface area contributed by atoms with Crippen molar-refractivity contribution < 1.29 is 9.90 Å². The van der Waals surface area contributed by atoms with E-state index in [9.17, 15) is 9.90 Å². The molecule has 1 heterocycles. The van der Waals surface area contributed by atoms with Crippen LogP contribution in [0.1, 0.15) is 5.56 Å². The molecule has 0 bridgehead atoms. The minimum Gasteiger partial charge on any atom is -0.545 e. The third kappa shape index (κ3) is 2.62. The number of hydrogen-bond acceptors (Lipinski definition) is 3. The van der Waals surface area contributed by atoms with Crippen LogP contribution in [0.2, 0.25) is 0 Å².